The molecule has 0 bridgehead atoms. The van der Waals surface area contributed by atoms with Crippen LogP contribution >= 0.6 is 0 Å². The molecule has 30 heavy (non-hydrogen) atoms. The molecule has 2 aromatic carbocycles. The van der Waals surface area contributed by atoms with Gasteiger partial charge in [-0.2, -0.15) is 0 Å². The van der Waals surface area contributed by atoms with Crippen LogP contribution in [-0.4, -0.2) is 33.1 Å². The van der Waals surface area contributed by atoms with Gasteiger partial charge in [-0.25, -0.2) is 9.78 Å². The zero-order valence-electron chi connectivity index (χ0n) is 16.8. The van der Waals surface area contributed by atoms with Gasteiger partial charge in [0.25, 0.3) is 5.91 Å². The monoisotopic (exact) mass is 403 g/mol. The minimum absolute atomic E-state index is 0.0381. The Balaban J connectivity index is 1.51. The Morgan fingerprint density at radius 3 is 2.37 bits per heavy atom. The summed E-state index contributed by atoms with van der Waals surface area (Å²) in [7, 11) is 0. The maximum absolute atomic E-state index is 12.4. The van der Waals surface area contributed by atoms with Crippen LogP contribution in [0.2, 0.25) is 0 Å². The van der Waals surface area contributed by atoms with E-state index in [-0.39, 0.29) is 11.5 Å². The molecule has 0 radical (unpaired) electrons. The lowest BCUT2D eigenvalue weighted by molar-refractivity contribution is 0.0696. The van der Waals surface area contributed by atoms with E-state index in [9.17, 15) is 14.7 Å². The summed E-state index contributed by atoms with van der Waals surface area (Å²) < 4.78 is 2.26. The lowest BCUT2D eigenvalue weighted by atomic mass is 10.1. The number of carboxylic acids is 1. The Labute approximate surface area is 174 Å². The number of benzene rings is 2. The summed E-state index contributed by atoms with van der Waals surface area (Å²) in [5.74, 6) is 0.499. The standard InChI is InChI=1S/C24H25N3O3/c28-23(25-14-15-5-6-15)17-9-7-16(8-10-17)22-26-20-13-18(24(29)30)11-12-21(20)27(22)19-3-1-2-4-19/h7-13,15,19H,1-6,14H2,(H,25,28)(H,29,30). The highest BCUT2D eigenvalue weighted by Crippen LogP contribution is 2.37. The van der Waals surface area contributed by atoms with Crippen molar-refractivity contribution in [2.24, 2.45) is 5.92 Å². The molecule has 2 fully saturated rings. The predicted octanol–water partition coefficient (Wildman–Crippen LogP) is 4.66. The highest BCUT2D eigenvalue weighted by atomic mass is 16.4. The van der Waals surface area contributed by atoms with E-state index in [1.54, 1.807) is 12.1 Å². The molecule has 3 aromatic rings. The molecule has 0 atom stereocenters. The molecule has 0 saturated heterocycles. The lowest BCUT2D eigenvalue weighted by Crippen LogP contribution is -2.25. The number of nitrogens with one attached hydrogen (secondary N) is 1. The maximum Gasteiger partial charge on any atom is 0.335 e. The third kappa shape index (κ3) is 3.58. The van der Waals surface area contributed by atoms with E-state index in [0.29, 0.717) is 23.0 Å². The van der Waals surface area contributed by atoms with E-state index < -0.39 is 5.97 Å². The highest BCUT2D eigenvalue weighted by molar-refractivity contribution is 5.95. The first-order valence-electron chi connectivity index (χ1n) is 10.7. The summed E-state index contributed by atoms with van der Waals surface area (Å²) in [6.07, 6.45) is 7.00. The highest BCUT2D eigenvalue weighted by Gasteiger charge is 2.24. The van der Waals surface area contributed by atoms with Gasteiger partial charge in [0.1, 0.15) is 5.82 Å². The van der Waals surface area contributed by atoms with Crippen LogP contribution in [0.1, 0.15) is 65.3 Å². The molecule has 1 amide bonds. The normalized spacial score (nSPS) is 16.8. The molecule has 2 aliphatic rings. The first-order chi connectivity index (χ1) is 14.6. The molecule has 5 rings (SSSR count). The topological polar surface area (TPSA) is 84.2 Å². The number of imidazole rings is 1. The number of nitrogens with zero attached hydrogens (tertiary/aromatic N) is 2. The number of hydrogen-bond acceptors (Lipinski definition) is 3. The Hall–Kier alpha value is -3.15. The average molecular weight is 403 g/mol. The van der Waals surface area contributed by atoms with E-state index >= 15 is 0 Å². The van der Waals surface area contributed by atoms with Crippen LogP contribution in [0.4, 0.5) is 0 Å². The molecule has 2 N–H and O–H groups in total. The predicted molar refractivity (Wildman–Crippen MR) is 115 cm³/mol. The molecule has 1 heterocycles. The van der Waals surface area contributed by atoms with Crippen molar-refractivity contribution in [2.45, 2.75) is 44.6 Å². The van der Waals surface area contributed by atoms with Crippen molar-refractivity contribution in [3.8, 4) is 11.4 Å². The zero-order chi connectivity index (χ0) is 20.7. The van der Waals surface area contributed by atoms with Gasteiger partial charge in [0.2, 0.25) is 0 Å². The van der Waals surface area contributed by atoms with Crippen molar-refractivity contribution in [1.82, 2.24) is 14.9 Å². The zero-order valence-corrected chi connectivity index (χ0v) is 16.8. The first kappa shape index (κ1) is 18.9. The summed E-state index contributed by atoms with van der Waals surface area (Å²) in [6, 6.07) is 13.1. The van der Waals surface area contributed by atoms with Crippen molar-refractivity contribution >= 4 is 22.9 Å². The lowest BCUT2D eigenvalue weighted by Gasteiger charge is -2.16. The fourth-order valence-electron chi connectivity index (χ4n) is 4.40. The van der Waals surface area contributed by atoms with Crippen molar-refractivity contribution in [1.29, 1.82) is 0 Å². The van der Waals surface area contributed by atoms with Crippen LogP contribution in [0.3, 0.4) is 0 Å². The van der Waals surface area contributed by atoms with Crippen molar-refractivity contribution < 1.29 is 14.7 Å². The second-order valence-corrected chi connectivity index (χ2v) is 8.48. The number of rotatable bonds is 6. The number of hydrogen-bond donors (Lipinski definition) is 2. The van der Waals surface area contributed by atoms with E-state index in [1.807, 2.05) is 30.3 Å². The van der Waals surface area contributed by atoms with E-state index in [2.05, 4.69) is 9.88 Å². The third-order valence-corrected chi connectivity index (χ3v) is 6.28. The van der Waals surface area contributed by atoms with Gasteiger partial charge >= 0.3 is 5.97 Å². The Bertz CT molecular complexity index is 1110. The van der Waals surface area contributed by atoms with Gasteiger partial charge in [0, 0.05) is 23.7 Å². The van der Waals surface area contributed by atoms with E-state index in [1.165, 1.54) is 25.7 Å². The summed E-state index contributed by atoms with van der Waals surface area (Å²) in [6.45, 7) is 0.754. The van der Waals surface area contributed by atoms with Crippen LogP contribution in [0.25, 0.3) is 22.4 Å². The van der Waals surface area contributed by atoms with Crippen molar-refractivity contribution in [2.75, 3.05) is 6.54 Å². The fraction of sp³-hybridized carbons (Fsp3) is 0.375. The molecule has 2 saturated carbocycles. The van der Waals surface area contributed by atoms with Crippen LogP contribution < -0.4 is 5.32 Å². The number of carbonyl (C=O) groups is 2. The average Bonchev–Trinajstić information content (AvgIpc) is 3.28. The number of aromatic nitrogens is 2. The van der Waals surface area contributed by atoms with Crippen LogP contribution in [-0.2, 0) is 0 Å². The maximum atomic E-state index is 12.4. The molecular weight excluding hydrogens is 378 g/mol. The van der Waals surface area contributed by atoms with E-state index in [4.69, 9.17) is 4.98 Å². The van der Waals surface area contributed by atoms with Gasteiger partial charge in [0.15, 0.2) is 0 Å². The second kappa shape index (κ2) is 7.59. The number of fused-ring (bicyclic) bond motifs is 1. The van der Waals surface area contributed by atoms with Gasteiger partial charge in [-0.1, -0.05) is 25.0 Å². The van der Waals surface area contributed by atoms with Crippen LogP contribution in [0.5, 0.6) is 0 Å². The van der Waals surface area contributed by atoms with Crippen molar-refractivity contribution in [3.63, 3.8) is 0 Å². The minimum Gasteiger partial charge on any atom is -0.478 e. The Kier molecular flexibility index (Phi) is 4.77. The van der Waals surface area contributed by atoms with Gasteiger partial charge in [-0.15, -0.1) is 0 Å². The largest absolute Gasteiger partial charge is 0.478 e. The van der Waals surface area contributed by atoms with Crippen molar-refractivity contribution in [3.05, 3.63) is 53.6 Å². The Morgan fingerprint density at radius 1 is 1.00 bits per heavy atom. The minimum atomic E-state index is -0.949. The third-order valence-electron chi connectivity index (χ3n) is 6.28. The Morgan fingerprint density at radius 2 is 1.70 bits per heavy atom. The summed E-state index contributed by atoms with van der Waals surface area (Å²) in [5.41, 5.74) is 3.49. The number of aromatic carboxylic acids is 1. The smallest absolute Gasteiger partial charge is 0.335 e. The van der Waals surface area contributed by atoms with E-state index in [0.717, 1.165) is 36.3 Å². The molecule has 6 heteroatoms. The molecule has 0 aliphatic heterocycles. The first-order valence-corrected chi connectivity index (χ1v) is 10.7. The summed E-state index contributed by atoms with van der Waals surface area (Å²) in [5, 5.41) is 12.3. The van der Waals surface area contributed by atoms with Crippen LogP contribution in [0.15, 0.2) is 42.5 Å². The molecular formula is C24H25N3O3. The van der Waals surface area contributed by atoms with Crippen LogP contribution in [0, 0.1) is 5.92 Å². The van der Waals surface area contributed by atoms with Gasteiger partial charge < -0.3 is 15.0 Å². The van der Waals surface area contributed by atoms with Gasteiger partial charge in [-0.05, 0) is 61.9 Å². The van der Waals surface area contributed by atoms with Gasteiger partial charge in [0.05, 0.1) is 16.6 Å². The molecule has 2 aliphatic carbocycles. The molecule has 6 nitrogen and oxygen atoms in total. The molecule has 1 aromatic heterocycles. The number of amides is 1. The molecule has 0 spiro atoms. The second-order valence-electron chi connectivity index (χ2n) is 8.48. The summed E-state index contributed by atoms with van der Waals surface area (Å²) in [4.78, 5) is 28.6. The molecule has 154 valence electrons. The fourth-order valence-corrected chi connectivity index (χ4v) is 4.40. The van der Waals surface area contributed by atoms with Gasteiger partial charge in [-0.3, -0.25) is 4.79 Å². The SMILES string of the molecule is O=C(O)c1ccc2c(c1)nc(-c1ccc(C(=O)NCC3CC3)cc1)n2C1CCCC1. The number of carboxylic acid groups (broad SMARTS) is 1. The summed E-state index contributed by atoms with van der Waals surface area (Å²) >= 11 is 0. The quantitative estimate of drug-likeness (QED) is 0.627. The molecule has 0 unspecified atom stereocenters. The number of carbonyl (C=O) groups excluding carboxylic acids is 1.